The summed E-state index contributed by atoms with van der Waals surface area (Å²) in [5.41, 5.74) is 4.79. The van der Waals surface area contributed by atoms with Crippen LogP contribution < -0.4 is 20.6 Å². The molecule has 0 radical (unpaired) electrons. The van der Waals surface area contributed by atoms with Crippen LogP contribution in [-0.4, -0.2) is 35.1 Å². The lowest BCUT2D eigenvalue weighted by atomic mass is 9.91. The highest BCUT2D eigenvalue weighted by Gasteiger charge is 2.30. The van der Waals surface area contributed by atoms with E-state index in [4.69, 9.17) is 9.47 Å². The molecule has 2 heterocycles. The van der Waals surface area contributed by atoms with E-state index >= 15 is 9.59 Å². The van der Waals surface area contributed by atoms with Gasteiger partial charge in [0, 0.05) is 38.4 Å². The Bertz CT molecular complexity index is 4370. The van der Waals surface area contributed by atoms with E-state index in [0.717, 1.165) is 39.8 Å². The third-order valence-corrected chi connectivity index (χ3v) is 15.2. The van der Waals surface area contributed by atoms with Crippen LogP contribution in [0.3, 0.4) is 0 Å². The standard InChI is InChI=1S/C60H46N2O10S2/c1-35(2)42-22-15-23-43(36(3)4)57(42)62-59(63)47-33-52(71-50-25-14-12-20-44(50)37-16-7-5-8-17-37)55-45-21-11-13-24-49(45)61(39-18-9-6-10-19-39)58-53(34-48(60(62)64)54(47)56(55)58)72-51-31-30-41(74(68,69)70)32-46(51)38-26-28-40(29-27-38)73(65,66)67/h5-36H,1-4H3,(H,65,66,67)(H,68,69,70). The Morgan fingerprint density at radius 2 is 0.959 bits per heavy atom. The van der Waals surface area contributed by atoms with Crippen molar-refractivity contribution in [1.29, 1.82) is 0 Å². The number of pyridine rings is 2. The molecule has 74 heavy (non-hydrogen) atoms. The Morgan fingerprint density at radius 1 is 0.432 bits per heavy atom. The molecule has 0 saturated heterocycles. The Labute approximate surface area is 425 Å². The topological polar surface area (TPSA) is 171 Å². The van der Waals surface area contributed by atoms with Crippen molar-refractivity contribution in [3.8, 4) is 56.6 Å². The van der Waals surface area contributed by atoms with Gasteiger partial charge in [-0.3, -0.25) is 18.7 Å². The number of aromatic nitrogens is 2. The van der Waals surface area contributed by atoms with Crippen LogP contribution in [0.2, 0.25) is 0 Å². The van der Waals surface area contributed by atoms with Gasteiger partial charge in [0.05, 0.1) is 37.3 Å². The van der Waals surface area contributed by atoms with Gasteiger partial charge >= 0.3 is 0 Å². The van der Waals surface area contributed by atoms with Crippen LogP contribution in [0.1, 0.15) is 50.7 Å². The van der Waals surface area contributed by atoms with E-state index in [0.29, 0.717) is 50.1 Å². The summed E-state index contributed by atoms with van der Waals surface area (Å²) in [7, 11) is -9.40. The average molecular weight is 1020 g/mol. The summed E-state index contributed by atoms with van der Waals surface area (Å²) >= 11 is 0. The molecule has 0 atom stereocenters. The van der Waals surface area contributed by atoms with Crippen LogP contribution in [0.15, 0.2) is 201 Å². The van der Waals surface area contributed by atoms with Crippen molar-refractivity contribution in [3.05, 3.63) is 214 Å². The highest BCUT2D eigenvalue weighted by molar-refractivity contribution is 7.86. The quantitative estimate of drug-likeness (QED) is 0.0682. The summed E-state index contributed by atoms with van der Waals surface area (Å²) in [5, 5.41) is 2.46. The van der Waals surface area contributed by atoms with Gasteiger partial charge in [0.1, 0.15) is 17.2 Å². The van der Waals surface area contributed by atoms with E-state index in [9.17, 15) is 25.9 Å². The van der Waals surface area contributed by atoms with Gasteiger partial charge in [-0.2, -0.15) is 16.8 Å². The maximum absolute atomic E-state index is 15.9. The molecule has 0 aliphatic heterocycles. The summed E-state index contributed by atoms with van der Waals surface area (Å²) in [6.07, 6.45) is 0. The van der Waals surface area contributed by atoms with Crippen LogP contribution in [0.25, 0.3) is 77.0 Å². The molecule has 0 aliphatic carbocycles. The second kappa shape index (κ2) is 18.3. The molecule has 0 amide bonds. The monoisotopic (exact) mass is 1020 g/mol. The van der Waals surface area contributed by atoms with Crippen molar-refractivity contribution >= 4 is 63.6 Å². The molecule has 11 aromatic rings. The van der Waals surface area contributed by atoms with Crippen molar-refractivity contribution in [2.75, 3.05) is 0 Å². The van der Waals surface area contributed by atoms with E-state index < -0.39 is 41.1 Å². The second-order valence-electron chi connectivity index (χ2n) is 18.7. The van der Waals surface area contributed by atoms with E-state index in [1.165, 1.54) is 34.9 Å². The summed E-state index contributed by atoms with van der Waals surface area (Å²) in [5.74, 6) is 0.784. The molecular weight excluding hydrogens is 973 g/mol. The largest absolute Gasteiger partial charge is 0.456 e. The SMILES string of the molecule is CC(C)c1cccc(C(C)C)c1-n1c(=O)c2cc(Oc3ccccc3-c3ccccc3)c3c4ccccc4n(-c4ccccc4)c4c(Oc5ccc(S(=O)(=O)O)cc5-c5ccc(S(=O)(=O)O)cc5)cc(c1=O)c2c34. The van der Waals surface area contributed by atoms with Gasteiger partial charge in [0.15, 0.2) is 5.75 Å². The molecule has 368 valence electrons. The minimum atomic E-state index is -4.79. The number of hydrogen-bond donors (Lipinski definition) is 2. The second-order valence-corrected chi connectivity index (χ2v) is 21.6. The Morgan fingerprint density at radius 3 is 1.59 bits per heavy atom. The highest BCUT2D eigenvalue weighted by Crippen LogP contribution is 2.50. The minimum absolute atomic E-state index is 0.0427. The smallest absolute Gasteiger partial charge is 0.294 e. The molecular formula is C60H46N2O10S2. The number of nitrogens with zero attached hydrogens (tertiary/aromatic N) is 2. The highest BCUT2D eigenvalue weighted by atomic mass is 32.2. The molecule has 0 unspecified atom stereocenters. The van der Waals surface area contributed by atoms with Gasteiger partial charge in [-0.15, -0.1) is 0 Å². The molecule has 0 bridgehead atoms. The lowest BCUT2D eigenvalue weighted by Gasteiger charge is -2.26. The number of hydrogen-bond acceptors (Lipinski definition) is 8. The zero-order chi connectivity index (χ0) is 51.8. The normalized spacial score (nSPS) is 12.2. The van der Waals surface area contributed by atoms with E-state index in [2.05, 4.69) is 0 Å². The lowest BCUT2D eigenvalue weighted by Crippen LogP contribution is -2.34. The van der Waals surface area contributed by atoms with E-state index in [1.54, 1.807) is 12.1 Å². The maximum Gasteiger partial charge on any atom is 0.294 e. The maximum atomic E-state index is 15.9. The molecule has 0 saturated carbocycles. The molecule has 0 fully saturated rings. The van der Waals surface area contributed by atoms with Crippen molar-refractivity contribution in [3.63, 3.8) is 0 Å². The average Bonchev–Trinajstić information content (AvgIpc) is 3.39. The third-order valence-electron chi connectivity index (χ3n) is 13.5. The zero-order valence-electron chi connectivity index (χ0n) is 40.3. The third kappa shape index (κ3) is 8.18. The van der Waals surface area contributed by atoms with E-state index in [-0.39, 0.29) is 45.2 Å². The van der Waals surface area contributed by atoms with E-state index in [1.807, 2.05) is 160 Å². The van der Waals surface area contributed by atoms with Crippen LogP contribution in [0.4, 0.5) is 0 Å². The first-order valence-electron chi connectivity index (χ1n) is 23.8. The predicted octanol–water partition coefficient (Wildman–Crippen LogP) is 13.7. The molecule has 11 rings (SSSR count). The fourth-order valence-electron chi connectivity index (χ4n) is 10.1. The molecule has 12 nitrogen and oxygen atoms in total. The summed E-state index contributed by atoms with van der Waals surface area (Å²) in [6.45, 7) is 8.06. The first-order chi connectivity index (χ1) is 35.5. The van der Waals surface area contributed by atoms with Crippen molar-refractivity contribution in [2.45, 2.75) is 49.3 Å². The predicted molar refractivity (Wildman–Crippen MR) is 291 cm³/mol. The summed E-state index contributed by atoms with van der Waals surface area (Å²) < 4.78 is 87.4. The van der Waals surface area contributed by atoms with Crippen molar-refractivity contribution < 1.29 is 35.4 Å². The van der Waals surface area contributed by atoms with Gasteiger partial charge in [-0.1, -0.05) is 143 Å². The Balaban J connectivity index is 1.34. The van der Waals surface area contributed by atoms with Crippen LogP contribution >= 0.6 is 0 Å². The molecule has 0 aliphatic rings. The van der Waals surface area contributed by atoms with Gasteiger partial charge in [-0.25, -0.2) is 4.57 Å². The number of benzene rings is 9. The Hall–Kier alpha value is -8.40. The number of rotatable bonds is 12. The molecule has 2 N–H and O–H groups in total. The summed E-state index contributed by atoms with van der Waals surface area (Å²) in [4.78, 5) is 30.8. The first kappa shape index (κ1) is 47.9. The summed E-state index contributed by atoms with van der Waals surface area (Å²) in [6, 6.07) is 52.6. The number of ether oxygens (including phenoxy) is 2. The zero-order valence-corrected chi connectivity index (χ0v) is 42.0. The molecule has 2 aromatic heterocycles. The van der Waals surface area contributed by atoms with Gasteiger partial charge in [0.25, 0.3) is 31.4 Å². The van der Waals surface area contributed by atoms with Crippen molar-refractivity contribution in [1.82, 2.24) is 9.13 Å². The fraction of sp³-hybridized carbons (Fsp3) is 0.100. The Kier molecular flexibility index (Phi) is 11.8. The number of para-hydroxylation sites is 4. The van der Waals surface area contributed by atoms with Gasteiger partial charge in [0.2, 0.25) is 0 Å². The van der Waals surface area contributed by atoms with Crippen LogP contribution in [-0.2, 0) is 20.2 Å². The molecule has 14 heteroatoms. The van der Waals surface area contributed by atoms with Crippen LogP contribution in [0.5, 0.6) is 23.0 Å². The first-order valence-corrected chi connectivity index (χ1v) is 26.7. The fourth-order valence-corrected chi connectivity index (χ4v) is 11.1. The molecule has 0 spiro atoms. The lowest BCUT2D eigenvalue weighted by molar-refractivity contribution is 0.479. The minimum Gasteiger partial charge on any atom is -0.456 e. The molecule has 9 aromatic carbocycles. The number of fused-ring (bicyclic) bond motifs is 2. The van der Waals surface area contributed by atoms with Crippen molar-refractivity contribution in [2.24, 2.45) is 0 Å². The van der Waals surface area contributed by atoms with Gasteiger partial charge in [-0.05, 0) is 101 Å². The van der Waals surface area contributed by atoms with Gasteiger partial charge < -0.3 is 14.0 Å². The van der Waals surface area contributed by atoms with Crippen LogP contribution in [0, 0.1) is 0 Å².